The zero-order chi connectivity index (χ0) is 29.4. The number of rotatable bonds is 7. The van der Waals surface area contributed by atoms with Crippen LogP contribution < -0.4 is 4.90 Å². The molecule has 0 saturated carbocycles. The Labute approximate surface area is 241 Å². The molecule has 1 fully saturated rings. The molecule has 13 heteroatoms. The van der Waals surface area contributed by atoms with E-state index in [1.54, 1.807) is 29.0 Å². The molecule has 10 nitrogen and oxygen atoms in total. The fourth-order valence-corrected chi connectivity index (χ4v) is 6.21. The molecular weight excluding hydrogens is 562 g/mol. The van der Waals surface area contributed by atoms with Crippen LogP contribution in [0.15, 0.2) is 78.3 Å². The molecular formula is C29H26F2N8O2S. The van der Waals surface area contributed by atoms with Gasteiger partial charge in [-0.3, -0.25) is 4.90 Å². The van der Waals surface area contributed by atoms with Crippen LogP contribution in [0.3, 0.4) is 0 Å². The summed E-state index contributed by atoms with van der Waals surface area (Å²) in [4.78, 5) is 9.48. The molecule has 4 aromatic heterocycles. The molecule has 0 radical (unpaired) electrons. The van der Waals surface area contributed by atoms with Gasteiger partial charge in [0.05, 0.1) is 28.4 Å². The summed E-state index contributed by atoms with van der Waals surface area (Å²) in [6.45, 7) is 0.748. The van der Waals surface area contributed by atoms with Crippen LogP contribution in [-0.2, 0) is 16.4 Å². The lowest BCUT2D eigenvalue weighted by Crippen LogP contribution is -2.46. The van der Waals surface area contributed by atoms with Crippen LogP contribution in [-0.4, -0.2) is 70.1 Å². The summed E-state index contributed by atoms with van der Waals surface area (Å²) in [5.74, 6) is 0.800. The second-order valence-corrected chi connectivity index (χ2v) is 12.1. The number of hydrogen-bond acceptors (Lipinski definition) is 8. The third-order valence-electron chi connectivity index (χ3n) is 7.39. The van der Waals surface area contributed by atoms with Crippen LogP contribution in [0.25, 0.3) is 27.8 Å². The predicted molar refractivity (Wildman–Crippen MR) is 153 cm³/mol. The van der Waals surface area contributed by atoms with Gasteiger partial charge in [0, 0.05) is 79.8 Å². The van der Waals surface area contributed by atoms with Crippen molar-refractivity contribution < 1.29 is 17.2 Å². The Morgan fingerprint density at radius 3 is 2.40 bits per heavy atom. The summed E-state index contributed by atoms with van der Waals surface area (Å²) in [7, 11) is -3.31. The van der Waals surface area contributed by atoms with Crippen LogP contribution in [0.1, 0.15) is 17.7 Å². The molecule has 0 spiro atoms. The minimum absolute atomic E-state index is 0.364. The zero-order valence-electron chi connectivity index (χ0n) is 22.6. The summed E-state index contributed by atoms with van der Waals surface area (Å²) >= 11 is 0. The largest absolute Gasteiger partial charge is 0.354 e. The second-order valence-electron chi connectivity index (χ2n) is 10.1. The van der Waals surface area contributed by atoms with Crippen LogP contribution in [0.5, 0.6) is 0 Å². The number of benzene rings is 1. The maximum absolute atomic E-state index is 13.1. The predicted octanol–water partition coefficient (Wildman–Crippen LogP) is 4.25. The van der Waals surface area contributed by atoms with E-state index < -0.39 is 16.4 Å². The first-order valence-corrected chi connectivity index (χ1v) is 15.1. The van der Waals surface area contributed by atoms with Gasteiger partial charge in [-0.15, -0.1) is 0 Å². The molecule has 1 aliphatic rings. The fourth-order valence-electron chi connectivity index (χ4n) is 5.28. The fraction of sp³-hybridized carbons (Fsp3) is 0.241. The van der Waals surface area contributed by atoms with Crippen molar-refractivity contribution in [2.75, 3.05) is 37.3 Å². The van der Waals surface area contributed by atoms with Crippen molar-refractivity contribution in [2.45, 2.75) is 18.0 Å². The van der Waals surface area contributed by atoms with E-state index >= 15 is 0 Å². The second kappa shape index (κ2) is 11.0. The molecule has 0 atom stereocenters. The number of nitriles is 1. The van der Waals surface area contributed by atoms with Gasteiger partial charge in [0.1, 0.15) is 11.9 Å². The van der Waals surface area contributed by atoms with Crippen molar-refractivity contribution in [1.82, 2.24) is 29.3 Å². The van der Waals surface area contributed by atoms with Crippen LogP contribution in [0, 0.1) is 11.3 Å². The number of sulfone groups is 1. The molecule has 0 N–H and O–H groups in total. The number of piperazine rings is 1. The maximum Gasteiger partial charge on any atom is 0.333 e. The minimum atomic E-state index is -3.31. The van der Waals surface area contributed by atoms with E-state index in [1.807, 2.05) is 30.3 Å². The summed E-state index contributed by atoms with van der Waals surface area (Å²) in [5, 5.41) is 17.7. The lowest BCUT2D eigenvalue weighted by molar-refractivity contribution is 0.0566. The van der Waals surface area contributed by atoms with E-state index in [1.165, 1.54) is 24.8 Å². The smallest absolute Gasteiger partial charge is 0.333 e. The van der Waals surface area contributed by atoms with Gasteiger partial charge < -0.3 is 4.90 Å². The quantitative estimate of drug-likeness (QED) is 0.277. The highest BCUT2D eigenvalue weighted by atomic mass is 32.2. The van der Waals surface area contributed by atoms with Crippen molar-refractivity contribution in [1.29, 1.82) is 5.26 Å². The Morgan fingerprint density at radius 1 is 0.952 bits per heavy atom. The Morgan fingerprint density at radius 2 is 1.74 bits per heavy atom. The zero-order valence-corrected chi connectivity index (χ0v) is 23.4. The molecule has 1 aliphatic heterocycles. The van der Waals surface area contributed by atoms with Crippen LogP contribution in [0.4, 0.5) is 14.6 Å². The summed E-state index contributed by atoms with van der Waals surface area (Å²) < 4.78 is 52.8. The molecule has 1 aromatic carbocycles. The number of aromatic nitrogens is 5. The third-order valence-corrected chi connectivity index (χ3v) is 8.59. The first-order valence-electron chi connectivity index (χ1n) is 13.2. The number of fused-ring (bicyclic) bond motifs is 1. The molecule has 42 heavy (non-hydrogen) atoms. The minimum Gasteiger partial charge on any atom is -0.354 e. The molecule has 214 valence electrons. The topological polar surface area (TPSA) is 112 Å². The highest BCUT2D eigenvalue weighted by Crippen LogP contribution is 2.33. The highest BCUT2D eigenvalue weighted by molar-refractivity contribution is 7.90. The SMILES string of the molecule is CS(=O)(=O)c1ccccc1CN1CCN(c2ccc(-c3cc(-c4cnn(C(F)F)c4)cn4ncc(C#N)c34)cn2)CC1. The van der Waals surface area contributed by atoms with E-state index in [0.29, 0.717) is 43.9 Å². The van der Waals surface area contributed by atoms with E-state index in [9.17, 15) is 22.5 Å². The van der Waals surface area contributed by atoms with Crippen LogP contribution >= 0.6 is 0 Å². The van der Waals surface area contributed by atoms with Gasteiger partial charge in [-0.2, -0.15) is 24.2 Å². The van der Waals surface area contributed by atoms with Gasteiger partial charge in [0.15, 0.2) is 9.84 Å². The Bertz CT molecular complexity index is 1900. The number of nitrogens with zero attached hydrogens (tertiary/aromatic N) is 8. The Balaban J connectivity index is 1.22. The number of anilines is 1. The van der Waals surface area contributed by atoms with Gasteiger partial charge in [-0.1, -0.05) is 18.2 Å². The number of alkyl halides is 2. The Kier molecular flexibility index (Phi) is 7.17. The molecule has 0 unspecified atom stereocenters. The molecule has 6 rings (SSSR count). The van der Waals surface area contributed by atoms with Gasteiger partial charge >= 0.3 is 6.55 Å². The first-order chi connectivity index (χ1) is 20.2. The summed E-state index contributed by atoms with van der Waals surface area (Å²) in [6, 6.07) is 14.9. The van der Waals surface area contributed by atoms with Gasteiger partial charge in [0.2, 0.25) is 0 Å². The third kappa shape index (κ3) is 5.34. The van der Waals surface area contributed by atoms with Gasteiger partial charge in [-0.25, -0.2) is 22.6 Å². The lowest BCUT2D eigenvalue weighted by atomic mass is 10.0. The van der Waals surface area contributed by atoms with Crippen molar-refractivity contribution in [3.05, 3.63) is 84.6 Å². The van der Waals surface area contributed by atoms with Crippen molar-refractivity contribution >= 4 is 21.2 Å². The molecule has 0 amide bonds. The Hall–Kier alpha value is -4.67. The van der Waals surface area contributed by atoms with Crippen molar-refractivity contribution in [3.63, 3.8) is 0 Å². The molecule has 1 saturated heterocycles. The van der Waals surface area contributed by atoms with Crippen molar-refractivity contribution in [3.8, 4) is 28.3 Å². The van der Waals surface area contributed by atoms with Crippen molar-refractivity contribution in [2.24, 2.45) is 0 Å². The first kappa shape index (κ1) is 27.5. The number of halogens is 2. The maximum atomic E-state index is 13.1. The number of pyridine rings is 2. The average Bonchev–Trinajstić information content (AvgIpc) is 3.65. The van der Waals surface area contributed by atoms with E-state index in [4.69, 9.17) is 4.98 Å². The monoisotopic (exact) mass is 588 g/mol. The van der Waals surface area contributed by atoms with E-state index in [0.717, 1.165) is 43.1 Å². The summed E-state index contributed by atoms with van der Waals surface area (Å²) in [6.07, 6.45) is 8.76. The lowest BCUT2D eigenvalue weighted by Gasteiger charge is -2.35. The molecule has 5 heterocycles. The summed E-state index contributed by atoms with van der Waals surface area (Å²) in [5.41, 5.74) is 4.34. The number of hydrogen-bond donors (Lipinski definition) is 0. The average molecular weight is 589 g/mol. The molecule has 5 aromatic rings. The van der Waals surface area contributed by atoms with Gasteiger partial charge in [0.25, 0.3) is 0 Å². The van der Waals surface area contributed by atoms with E-state index in [-0.39, 0.29) is 0 Å². The highest BCUT2D eigenvalue weighted by Gasteiger charge is 2.22. The standard InChI is InChI=1S/C29H26F2N8O2S/c1-42(40,41)26-5-3-2-4-21(26)17-36-8-10-37(11-9-36)27-7-6-20(14-33-27)25-12-22(24-16-35-39(19-24)29(30)31)18-38-28(25)23(13-32)15-34-38/h2-7,12,14-16,18-19,29H,8-11,17H2,1H3. The normalized spacial score (nSPS) is 14.5. The molecule has 0 bridgehead atoms. The van der Waals surface area contributed by atoms with E-state index in [2.05, 4.69) is 26.1 Å². The van der Waals surface area contributed by atoms with Gasteiger partial charge in [-0.05, 0) is 29.8 Å². The molecule has 0 aliphatic carbocycles. The van der Waals surface area contributed by atoms with Crippen LogP contribution in [0.2, 0.25) is 0 Å².